The van der Waals surface area contributed by atoms with Gasteiger partial charge in [-0.05, 0) is 23.8 Å². The standard InChI is InChI=1S/C13H19ClN2O3S2/c14-13-2-1-12(9-11(13)10-17)21(18,19)15-3-4-16-5-7-20-8-6-16/h1-2,9,15,17H,3-8,10H2. The highest BCUT2D eigenvalue weighted by Gasteiger charge is 2.16. The van der Waals surface area contributed by atoms with E-state index in [4.69, 9.17) is 16.7 Å². The maximum absolute atomic E-state index is 12.2. The Labute approximate surface area is 134 Å². The molecule has 8 heteroatoms. The second-order valence-corrected chi connectivity index (χ2v) is 8.16. The molecule has 0 aromatic heterocycles. The third-order valence-corrected chi connectivity index (χ3v) is 6.09. The van der Waals surface area contributed by atoms with Crippen LogP contribution in [0.2, 0.25) is 5.02 Å². The lowest BCUT2D eigenvalue weighted by atomic mass is 10.2. The zero-order valence-corrected chi connectivity index (χ0v) is 14.0. The van der Waals surface area contributed by atoms with Gasteiger partial charge in [-0.25, -0.2) is 13.1 Å². The minimum atomic E-state index is -3.56. The highest BCUT2D eigenvalue weighted by molar-refractivity contribution is 7.99. The third kappa shape index (κ3) is 4.84. The molecule has 0 saturated carbocycles. The minimum Gasteiger partial charge on any atom is -0.392 e. The Morgan fingerprint density at radius 2 is 2.05 bits per heavy atom. The largest absolute Gasteiger partial charge is 0.392 e. The van der Waals surface area contributed by atoms with E-state index in [1.807, 2.05) is 11.8 Å². The molecular weight excluding hydrogens is 332 g/mol. The molecule has 0 unspecified atom stereocenters. The summed E-state index contributed by atoms with van der Waals surface area (Å²) in [5.74, 6) is 2.20. The summed E-state index contributed by atoms with van der Waals surface area (Å²) >= 11 is 7.79. The lowest BCUT2D eigenvalue weighted by molar-refractivity contribution is 0.281. The van der Waals surface area contributed by atoms with E-state index in [1.54, 1.807) is 0 Å². The number of halogens is 1. The summed E-state index contributed by atoms with van der Waals surface area (Å²) in [5.41, 5.74) is 0.410. The van der Waals surface area contributed by atoms with Crippen LogP contribution >= 0.6 is 23.4 Å². The quantitative estimate of drug-likeness (QED) is 0.805. The molecule has 0 radical (unpaired) electrons. The number of hydrogen-bond donors (Lipinski definition) is 2. The SMILES string of the molecule is O=S(=O)(NCCN1CCSCC1)c1ccc(Cl)c(CO)c1. The van der Waals surface area contributed by atoms with Gasteiger partial charge in [0.2, 0.25) is 10.0 Å². The highest BCUT2D eigenvalue weighted by atomic mass is 35.5. The molecule has 0 bridgehead atoms. The Kier molecular flexibility index (Phi) is 6.34. The first-order chi connectivity index (χ1) is 10.0. The van der Waals surface area contributed by atoms with Crippen LogP contribution in [0.25, 0.3) is 0 Å². The molecule has 1 heterocycles. The maximum Gasteiger partial charge on any atom is 0.240 e. The van der Waals surface area contributed by atoms with E-state index in [0.717, 1.165) is 24.6 Å². The minimum absolute atomic E-state index is 0.130. The predicted molar refractivity (Wildman–Crippen MR) is 86.3 cm³/mol. The number of benzene rings is 1. The van der Waals surface area contributed by atoms with Gasteiger partial charge >= 0.3 is 0 Å². The van der Waals surface area contributed by atoms with Crippen molar-refractivity contribution in [2.45, 2.75) is 11.5 Å². The topological polar surface area (TPSA) is 69.6 Å². The van der Waals surface area contributed by atoms with Crippen molar-refractivity contribution in [3.63, 3.8) is 0 Å². The summed E-state index contributed by atoms with van der Waals surface area (Å²) in [6, 6.07) is 4.34. The van der Waals surface area contributed by atoms with Gasteiger partial charge in [0.05, 0.1) is 11.5 Å². The number of sulfonamides is 1. The molecule has 0 aliphatic carbocycles. The normalized spacial score (nSPS) is 17.0. The summed E-state index contributed by atoms with van der Waals surface area (Å²) in [6.45, 7) is 2.81. The van der Waals surface area contributed by atoms with E-state index in [-0.39, 0.29) is 11.5 Å². The van der Waals surface area contributed by atoms with Crippen molar-refractivity contribution in [2.75, 3.05) is 37.7 Å². The molecule has 21 heavy (non-hydrogen) atoms. The van der Waals surface area contributed by atoms with Gasteiger partial charge in [-0.1, -0.05) is 11.6 Å². The fourth-order valence-corrected chi connectivity index (χ4v) is 4.31. The van der Waals surface area contributed by atoms with Crippen LogP contribution in [0.5, 0.6) is 0 Å². The zero-order chi connectivity index (χ0) is 15.3. The van der Waals surface area contributed by atoms with E-state index in [1.165, 1.54) is 18.2 Å². The average molecular weight is 351 g/mol. The monoisotopic (exact) mass is 350 g/mol. The van der Waals surface area contributed by atoms with Gasteiger partial charge in [0.1, 0.15) is 0 Å². The van der Waals surface area contributed by atoms with Gasteiger partial charge in [0.15, 0.2) is 0 Å². The zero-order valence-electron chi connectivity index (χ0n) is 11.6. The van der Waals surface area contributed by atoms with Gasteiger partial charge in [-0.3, -0.25) is 0 Å². The molecular formula is C13H19ClN2O3S2. The van der Waals surface area contributed by atoms with Crippen molar-refractivity contribution in [1.82, 2.24) is 9.62 Å². The maximum atomic E-state index is 12.2. The molecule has 1 aliphatic heterocycles. The van der Waals surface area contributed by atoms with E-state index in [9.17, 15) is 8.42 Å². The number of nitrogens with zero attached hydrogens (tertiary/aromatic N) is 1. The van der Waals surface area contributed by atoms with E-state index in [0.29, 0.717) is 23.7 Å². The summed E-state index contributed by atoms with van der Waals surface area (Å²) in [4.78, 5) is 2.38. The fraction of sp³-hybridized carbons (Fsp3) is 0.538. The van der Waals surface area contributed by atoms with Crippen LogP contribution in [-0.4, -0.2) is 56.1 Å². The highest BCUT2D eigenvalue weighted by Crippen LogP contribution is 2.20. The summed E-state index contributed by atoms with van der Waals surface area (Å²) in [7, 11) is -3.56. The van der Waals surface area contributed by atoms with Gasteiger partial charge in [0.25, 0.3) is 0 Å². The Bertz CT molecular complexity index is 575. The Hall–Kier alpha value is -0.310. The molecule has 0 spiro atoms. The predicted octanol–water partition coefficient (Wildman–Crippen LogP) is 1.16. The Balaban J connectivity index is 1.94. The van der Waals surface area contributed by atoms with E-state index in [2.05, 4.69) is 9.62 Å². The molecule has 5 nitrogen and oxygen atoms in total. The Morgan fingerprint density at radius 1 is 1.33 bits per heavy atom. The smallest absolute Gasteiger partial charge is 0.240 e. The lowest BCUT2D eigenvalue weighted by Gasteiger charge is -2.25. The van der Waals surface area contributed by atoms with Crippen molar-refractivity contribution in [1.29, 1.82) is 0 Å². The molecule has 1 saturated heterocycles. The first kappa shape index (κ1) is 17.1. The van der Waals surface area contributed by atoms with Crippen LogP contribution in [-0.2, 0) is 16.6 Å². The van der Waals surface area contributed by atoms with Crippen LogP contribution in [0.3, 0.4) is 0 Å². The molecule has 118 valence electrons. The summed E-state index contributed by atoms with van der Waals surface area (Å²) in [5, 5.41) is 9.51. The fourth-order valence-electron chi connectivity index (χ4n) is 2.09. The second-order valence-electron chi connectivity index (χ2n) is 4.76. The number of rotatable bonds is 6. The molecule has 1 fully saturated rings. The number of thioether (sulfide) groups is 1. The van der Waals surface area contributed by atoms with Crippen LogP contribution in [0.1, 0.15) is 5.56 Å². The van der Waals surface area contributed by atoms with Crippen molar-refractivity contribution in [2.24, 2.45) is 0 Å². The lowest BCUT2D eigenvalue weighted by Crippen LogP contribution is -2.39. The first-order valence-corrected chi connectivity index (χ1v) is 9.73. The molecule has 0 atom stereocenters. The number of aliphatic hydroxyl groups is 1. The molecule has 2 N–H and O–H groups in total. The van der Waals surface area contributed by atoms with Crippen LogP contribution in [0.4, 0.5) is 0 Å². The number of nitrogens with one attached hydrogen (secondary N) is 1. The van der Waals surface area contributed by atoms with Crippen molar-refractivity contribution < 1.29 is 13.5 Å². The second kappa shape index (κ2) is 7.80. The molecule has 2 rings (SSSR count). The van der Waals surface area contributed by atoms with Crippen molar-refractivity contribution >= 4 is 33.4 Å². The molecule has 1 aliphatic rings. The van der Waals surface area contributed by atoms with Gasteiger partial charge in [0, 0.05) is 42.7 Å². The summed E-state index contributed by atoms with van der Waals surface area (Å²) < 4.78 is 27.0. The molecule has 1 aromatic carbocycles. The van der Waals surface area contributed by atoms with Gasteiger partial charge in [-0.15, -0.1) is 0 Å². The van der Waals surface area contributed by atoms with Gasteiger partial charge < -0.3 is 10.0 Å². The van der Waals surface area contributed by atoms with Crippen LogP contribution in [0.15, 0.2) is 23.1 Å². The van der Waals surface area contributed by atoms with Crippen molar-refractivity contribution in [3.8, 4) is 0 Å². The summed E-state index contributed by atoms with van der Waals surface area (Å²) in [6.07, 6.45) is 0. The number of hydrogen-bond acceptors (Lipinski definition) is 5. The molecule has 1 aromatic rings. The third-order valence-electron chi connectivity index (χ3n) is 3.32. The average Bonchev–Trinajstić information content (AvgIpc) is 2.48. The van der Waals surface area contributed by atoms with E-state index >= 15 is 0 Å². The molecule has 0 amide bonds. The van der Waals surface area contributed by atoms with Crippen LogP contribution in [0, 0.1) is 0 Å². The Morgan fingerprint density at radius 3 is 2.71 bits per heavy atom. The number of aliphatic hydroxyl groups excluding tert-OH is 1. The van der Waals surface area contributed by atoms with Crippen LogP contribution < -0.4 is 4.72 Å². The first-order valence-electron chi connectivity index (χ1n) is 6.72. The van der Waals surface area contributed by atoms with E-state index < -0.39 is 10.0 Å². The van der Waals surface area contributed by atoms with Crippen molar-refractivity contribution in [3.05, 3.63) is 28.8 Å². The van der Waals surface area contributed by atoms with Gasteiger partial charge in [-0.2, -0.15) is 11.8 Å².